The zero-order chi connectivity index (χ0) is 29.5. The van der Waals surface area contributed by atoms with Crippen molar-refractivity contribution in [2.45, 2.75) is 6.92 Å². The van der Waals surface area contributed by atoms with Crippen LogP contribution in [0.2, 0.25) is 0 Å². The van der Waals surface area contributed by atoms with E-state index in [0.29, 0.717) is 17.1 Å². The summed E-state index contributed by atoms with van der Waals surface area (Å²) in [6.45, 7) is 2.11. The molecule has 0 aliphatic carbocycles. The number of nitrogens with zero attached hydrogens (tertiary/aromatic N) is 3. The summed E-state index contributed by atoms with van der Waals surface area (Å²) < 4.78 is 17.5. The number of benzene rings is 5. The maximum Gasteiger partial charge on any atom is 0.161 e. The molecule has 0 amide bonds. The quantitative estimate of drug-likeness (QED) is 0.209. The Morgan fingerprint density at radius 2 is 1.35 bits per heavy atom. The van der Waals surface area contributed by atoms with Gasteiger partial charge in [0, 0.05) is 10.9 Å². The first-order valence-corrected chi connectivity index (χ1v) is 13.9. The summed E-state index contributed by atoms with van der Waals surface area (Å²) in [4.78, 5) is 7.55. The second-order valence-electron chi connectivity index (χ2n) is 10.3. The van der Waals surface area contributed by atoms with Gasteiger partial charge in [0.1, 0.15) is 0 Å². The Labute approximate surface area is 250 Å². The lowest BCUT2D eigenvalue weighted by Gasteiger charge is -2.33. The lowest BCUT2D eigenvalue weighted by Crippen LogP contribution is -2.16. The highest BCUT2D eigenvalue weighted by Crippen LogP contribution is 2.52. The molecule has 1 aliphatic rings. The summed E-state index contributed by atoms with van der Waals surface area (Å²) in [5.74, 6) is 2.86. The number of nitriles is 1. The van der Waals surface area contributed by atoms with Gasteiger partial charge >= 0.3 is 0 Å². The maximum atomic E-state index is 9.39. The first kappa shape index (κ1) is 26.1. The van der Waals surface area contributed by atoms with Gasteiger partial charge in [-0.15, -0.1) is 0 Å². The predicted octanol–water partition coefficient (Wildman–Crippen LogP) is 9.34. The lowest BCUT2D eigenvalue weighted by atomic mass is 9.94. The zero-order valence-electron chi connectivity index (χ0n) is 24.0. The van der Waals surface area contributed by atoms with Crippen LogP contribution >= 0.6 is 0 Å². The molecule has 6 aromatic rings. The van der Waals surface area contributed by atoms with E-state index in [2.05, 4.69) is 48.2 Å². The fraction of sp³-hybridized carbons (Fsp3) is 0.0811. The molecular formula is C37H27N3O3. The second-order valence-corrected chi connectivity index (χ2v) is 10.3. The van der Waals surface area contributed by atoms with Gasteiger partial charge < -0.3 is 19.1 Å². The molecule has 0 N–H and O–H groups in total. The molecule has 0 fully saturated rings. The van der Waals surface area contributed by atoms with Crippen molar-refractivity contribution in [2.24, 2.45) is 0 Å². The number of methoxy groups -OCH3 is 2. The van der Waals surface area contributed by atoms with E-state index in [1.165, 1.54) is 0 Å². The van der Waals surface area contributed by atoms with Crippen LogP contribution in [-0.2, 0) is 0 Å². The molecule has 2 heterocycles. The molecule has 1 aliphatic heterocycles. The van der Waals surface area contributed by atoms with Crippen LogP contribution in [0.1, 0.15) is 11.1 Å². The standard InChI is InChI=1S/C37H27N3O3/c1-23-12-18-31(40-29-8-4-6-10-32(29)43-33-11-7-5-9-30(33)40)37-36(23)27(26-17-19-34(41-2)35(20-26)42-3)21-28(39-37)25-15-13-24(22-38)14-16-25/h4-21H,1-3H3. The van der Waals surface area contributed by atoms with Gasteiger partial charge in [-0.1, -0.05) is 48.5 Å². The average Bonchev–Trinajstić information content (AvgIpc) is 3.07. The highest BCUT2D eigenvalue weighted by Gasteiger charge is 2.28. The number of anilines is 3. The molecule has 0 saturated carbocycles. The molecule has 5 aromatic carbocycles. The highest BCUT2D eigenvalue weighted by atomic mass is 16.5. The minimum absolute atomic E-state index is 0.600. The van der Waals surface area contributed by atoms with Gasteiger partial charge in [-0.05, 0) is 84.3 Å². The van der Waals surface area contributed by atoms with Gasteiger partial charge in [-0.3, -0.25) is 0 Å². The minimum Gasteiger partial charge on any atom is -0.493 e. The van der Waals surface area contributed by atoms with E-state index in [4.69, 9.17) is 19.2 Å². The number of aryl methyl sites for hydroxylation is 1. The fourth-order valence-electron chi connectivity index (χ4n) is 5.74. The van der Waals surface area contributed by atoms with Crippen LogP contribution in [0.15, 0.2) is 109 Å². The SMILES string of the molecule is COc1ccc(-c2cc(-c3ccc(C#N)cc3)nc3c(N4c5ccccc5Oc5ccccc54)ccc(C)c23)cc1OC. The van der Waals surface area contributed by atoms with Gasteiger partial charge in [0.25, 0.3) is 0 Å². The molecule has 208 valence electrons. The Kier molecular flexibility index (Phi) is 6.41. The molecule has 0 bridgehead atoms. The van der Waals surface area contributed by atoms with Crippen LogP contribution in [0.25, 0.3) is 33.3 Å². The van der Waals surface area contributed by atoms with Crippen LogP contribution in [0.3, 0.4) is 0 Å². The van der Waals surface area contributed by atoms with Crippen molar-refractivity contribution in [1.82, 2.24) is 4.98 Å². The van der Waals surface area contributed by atoms with Gasteiger partial charge in [-0.2, -0.15) is 5.26 Å². The number of rotatable bonds is 5. The van der Waals surface area contributed by atoms with Crippen molar-refractivity contribution in [1.29, 1.82) is 5.26 Å². The smallest absolute Gasteiger partial charge is 0.161 e. The molecular weight excluding hydrogens is 534 g/mol. The van der Waals surface area contributed by atoms with E-state index in [1.807, 2.05) is 78.9 Å². The number of fused-ring (bicyclic) bond motifs is 3. The summed E-state index contributed by atoms with van der Waals surface area (Å²) in [6, 6.07) is 38.2. The third-order valence-corrected chi connectivity index (χ3v) is 7.83. The third-order valence-electron chi connectivity index (χ3n) is 7.83. The Morgan fingerprint density at radius 1 is 0.698 bits per heavy atom. The first-order chi connectivity index (χ1) is 21.1. The number of ether oxygens (including phenoxy) is 3. The normalized spacial score (nSPS) is 11.7. The summed E-state index contributed by atoms with van der Waals surface area (Å²) in [5, 5.41) is 10.4. The monoisotopic (exact) mass is 561 g/mol. The molecule has 0 saturated heterocycles. The van der Waals surface area contributed by atoms with Crippen LogP contribution in [-0.4, -0.2) is 19.2 Å². The highest BCUT2D eigenvalue weighted by molar-refractivity contribution is 6.07. The molecule has 43 heavy (non-hydrogen) atoms. The van der Waals surface area contributed by atoms with Crippen LogP contribution in [0.4, 0.5) is 17.1 Å². The lowest BCUT2D eigenvalue weighted by molar-refractivity contribution is 0.355. The average molecular weight is 562 g/mol. The van der Waals surface area contributed by atoms with Gasteiger partial charge in [0.05, 0.1) is 54.1 Å². The number of hydrogen-bond acceptors (Lipinski definition) is 6. The van der Waals surface area contributed by atoms with Crippen molar-refractivity contribution < 1.29 is 14.2 Å². The topological polar surface area (TPSA) is 67.6 Å². The maximum absolute atomic E-state index is 9.39. The summed E-state index contributed by atoms with van der Waals surface area (Å²) in [6.07, 6.45) is 0. The Morgan fingerprint density at radius 3 is 2.00 bits per heavy atom. The Hall–Kier alpha value is -5.80. The van der Waals surface area contributed by atoms with Gasteiger partial charge in [-0.25, -0.2) is 4.98 Å². The molecule has 1 aromatic heterocycles. The van der Waals surface area contributed by atoms with E-state index < -0.39 is 0 Å². The van der Waals surface area contributed by atoms with E-state index in [-0.39, 0.29) is 0 Å². The van der Waals surface area contributed by atoms with Crippen LogP contribution < -0.4 is 19.1 Å². The number of aromatic nitrogens is 1. The van der Waals surface area contributed by atoms with Crippen molar-refractivity contribution >= 4 is 28.0 Å². The fourth-order valence-corrected chi connectivity index (χ4v) is 5.74. The van der Waals surface area contributed by atoms with E-state index in [0.717, 1.165) is 67.4 Å². The second kappa shape index (κ2) is 10.6. The zero-order valence-corrected chi connectivity index (χ0v) is 24.0. The molecule has 0 spiro atoms. The Bertz CT molecular complexity index is 2020. The van der Waals surface area contributed by atoms with Crippen molar-refractivity contribution in [3.05, 3.63) is 120 Å². The first-order valence-electron chi connectivity index (χ1n) is 13.9. The van der Waals surface area contributed by atoms with Gasteiger partial charge in [0.15, 0.2) is 23.0 Å². The minimum atomic E-state index is 0.600. The largest absolute Gasteiger partial charge is 0.493 e. The van der Waals surface area contributed by atoms with E-state index >= 15 is 0 Å². The summed E-state index contributed by atoms with van der Waals surface area (Å²) in [7, 11) is 3.28. The van der Waals surface area contributed by atoms with Crippen molar-refractivity contribution in [2.75, 3.05) is 19.1 Å². The molecule has 6 heteroatoms. The molecule has 0 atom stereocenters. The van der Waals surface area contributed by atoms with Crippen LogP contribution in [0, 0.1) is 18.3 Å². The molecule has 0 radical (unpaired) electrons. The summed E-state index contributed by atoms with van der Waals surface area (Å²) >= 11 is 0. The van der Waals surface area contributed by atoms with Crippen LogP contribution in [0.5, 0.6) is 23.0 Å². The number of hydrogen-bond donors (Lipinski definition) is 0. The summed E-state index contributed by atoms with van der Waals surface area (Å²) in [5.41, 5.74) is 9.04. The molecule has 6 nitrogen and oxygen atoms in total. The third kappa shape index (κ3) is 4.39. The van der Waals surface area contributed by atoms with E-state index in [1.54, 1.807) is 14.2 Å². The molecule has 7 rings (SSSR count). The predicted molar refractivity (Wildman–Crippen MR) is 170 cm³/mol. The van der Waals surface area contributed by atoms with Crippen molar-refractivity contribution in [3.63, 3.8) is 0 Å². The Balaban J connectivity index is 1.56. The van der Waals surface area contributed by atoms with Crippen molar-refractivity contribution in [3.8, 4) is 51.5 Å². The van der Waals surface area contributed by atoms with Gasteiger partial charge in [0.2, 0.25) is 0 Å². The van der Waals surface area contributed by atoms with E-state index in [9.17, 15) is 5.26 Å². The number of pyridine rings is 1. The number of para-hydroxylation sites is 4. The molecule has 0 unspecified atom stereocenters.